The SMILES string of the molecule is Cc1cc(-c2[c-]cccc2)ncc1[Si](C)(C)C.[Ir].[c-]1ccc2c(oc3ccc(-c4ccccc4)cc32)c1-c1cc(CC2CC3CCC2CC3)ccn1. The quantitative estimate of drug-likeness (QED) is 0.123. The standard InChI is InChI=1S/C32H28NO.C15H18NSi.Ir/c1-2-5-23(6-3-1)25-13-14-31-29(20-25)27-7-4-8-28(32(27)34-31)30-19-22(15-16-33-30)18-26-17-21-9-11-24(26)12-10-21;1-12-10-14(13-8-6-5-7-9-13)16-11-15(12)17(2,3)4;/h1-7,13-16,19-21,24,26H,9-12,17-18H2;5-8,10-11H,1-4H3;/q2*-1;. The van der Waals surface area contributed by atoms with Crippen LogP contribution in [0.25, 0.3) is 55.6 Å². The Morgan fingerprint density at radius 3 is 2.27 bits per heavy atom. The molecule has 2 bridgehead atoms. The van der Waals surface area contributed by atoms with Crippen LogP contribution in [-0.2, 0) is 26.5 Å². The van der Waals surface area contributed by atoms with E-state index in [0.717, 1.165) is 62.2 Å². The van der Waals surface area contributed by atoms with E-state index in [9.17, 15) is 0 Å². The van der Waals surface area contributed by atoms with E-state index in [4.69, 9.17) is 9.40 Å². The van der Waals surface area contributed by atoms with Crippen molar-refractivity contribution in [1.82, 2.24) is 9.97 Å². The van der Waals surface area contributed by atoms with Gasteiger partial charge >= 0.3 is 0 Å². The molecule has 3 aliphatic rings. The fraction of sp³-hybridized carbons (Fsp3) is 0.277. The molecule has 265 valence electrons. The topological polar surface area (TPSA) is 38.9 Å². The van der Waals surface area contributed by atoms with Gasteiger partial charge in [0.1, 0.15) is 5.58 Å². The Balaban J connectivity index is 0.000000198. The summed E-state index contributed by atoms with van der Waals surface area (Å²) in [5, 5.41) is 3.71. The molecule has 3 nitrogen and oxygen atoms in total. The smallest absolute Gasteiger partial charge is 0.120 e. The third-order valence-corrected chi connectivity index (χ3v) is 13.4. The van der Waals surface area contributed by atoms with Crippen molar-refractivity contribution in [3.8, 4) is 33.6 Å². The minimum Gasteiger partial charge on any atom is -0.501 e. The number of hydrogen-bond donors (Lipinski definition) is 0. The molecule has 0 saturated heterocycles. The van der Waals surface area contributed by atoms with Crippen LogP contribution in [0.2, 0.25) is 19.6 Å². The monoisotopic (exact) mass is 875 g/mol. The third-order valence-electron chi connectivity index (χ3n) is 11.2. The van der Waals surface area contributed by atoms with E-state index in [2.05, 4.69) is 129 Å². The maximum atomic E-state index is 6.39. The maximum absolute atomic E-state index is 6.39. The number of pyridine rings is 2. The van der Waals surface area contributed by atoms with Gasteiger partial charge in [-0.15, -0.1) is 54.1 Å². The van der Waals surface area contributed by atoms with Gasteiger partial charge in [0.05, 0.1) is 13.7 Å². The van der Waals surface area contributed by atoms with Gasteiger partial charge < -0.3 is 14.4 Å². The van der Waals surface area contributed by atoms with Gasteiger partial charge in [0.25, 0.3) is 0 Å². The number of hydrogen-bond acceptors (Lipinski definition) is 3. The summed E-state index contributed by atoms with van der Waals surface area (Å²) in [4.78, 5) is 9.32. The van der Waals surface area contributed by atoms with Crippen LogP contribution in [0, 0.1) is 36.8 Å². The number of fused-ring (bicyclic) bond motifs is 6. The van der Waals surface area contributed by atoms with Crippen molar-refractivity contribution in [3.63, 3.8) is 0 Å². The second kappa shape index (κ2) is 15.4. The molecule has 10 rings (SSSR count). The van der Waals surface area contributed by atoms with E-state index in [1.807, 2.05) is 30.5 Å². The van der Waals surface area contributed by atoms with E-state index >= 15 is 0 Å². The zero-order valence-electron chi connectivity index (χ0n) is 30.6. The normalized spacial score (nSPS) is 18.1. The molecule has 5 heteroatoms. The number of rotatable bonds is 6. The average molecular weight is 875 g/mol. The molecule has 1 atom stereocenters. The fourth-order valence-electron chi connectivity index (χ4n) is 8.59. The summed E-state index contributed by atoms with van der Waals surface area (Å²) in [6.07, 6.45) is 12.4. The molecule has 3 fully saturated rings. The largest absolute Gasteiger partial charge is 0.501 e. The van der Waals surface area contributed by atoms with Gasteiger partial charge in [0, 0.05) is 37.9 Å². The Morgan fingerprint density at radius 1 is 0.750 bits per heavy atom. The van der Waals surface area contributed by atoms with Crippen molar-refractivity contribution in [3.05, 3.63) is 139 Å². The molecule has 3 saturated carbocycles. The van der Waals surface area contributed by atoms with Crippen LogP contribution in [0.4, 0.5) is 0 Å². The van der Waals surface area contributed by atoms with Crippen molar-refractivity contribution in [2.75, 3.05) is 0 Å². The van der Waals surface area contributed by atoms with Crippen molar-refractivity contribution >= 4 is 35.2 Å². The first kappa shape index (κ1) is 36.2. The first-order valence-corrected chi connectivity index (χ1v) is 22.1. The molecule has 4 aromatic carbocycles. The van der Waals surface area contributed by atoms with Gasteiger partial charge in [-0.1, -0.05) is 103 Å². The Kier molecular flexibility index (Phi) is 10.8. The van der Waals surface area contributed by atoms with E-state index in [0.29, 0.717) is 0 Å². The fourth-order valence-corrected chi connectivity index (χ4v) is 10.3. The van der Waals surface area contributed by atoms with Crippen molar-refractivity contribution in [2.45, 2.75) is 65.1 Å². The summed E-state index contributed by atoms with van der Waals surface area (Å²) >= 11 is 0. The van der Waals surface area contributed by atoms with Gasteiger partial charge in [0.2, 0.25) is 0 Å². The zero-order chi connectivity index (χ0) is 35.0. The number of aromatic nitrogens is 2. The second-order valence-corrected chi connectivity index (χ2v) is 20.8. The van der Waals surface area contributed by atoms with Gasteiger partial charge in [-0.05, 0) is 96.3 Å². The molecule has 3 heterocycles. The van der Waals surface area contributed by atoms with Crippen molar-refractivity contribution in [1.29, 1.82) is 0 Å². The zero-order valence-corrected chi connectivity index (χ0v) is 34.0. The number of benzene rings is 4. The minimum atomic E-state index is -1.27. The van der Waals surface area contributed by atoms with Gasteiger partial charge in [0.15, 0.2) is 0 Å². The van der Waals surface area contributed by atoms with Crippen LogP contribution in [0.1, 0.15) is 43.2 Å². The Morgan fingerprint density at radius 2 is 1.56 bits per heavy atom. The molecule has 0 aliphatic heterocycles. The molecule has 0 N–H and O–H groups in total. The summed E-state index contributed by atoms with van der Waals surface area (Å²) in [6, 6.07) is 42.4. The summed E-state index contributed by atoms with van der Waals surface area (Å²) in [6.45, 7) is 9.24. The summed E-state index contributed by atoms with van der Waals surface area (Å²) in [5.41, 5.74) is 11.0. The molecule has 3 aliphatic carbocycles. The molecular weight excluding hydrogens is 829 g/mol. The van der Waals surface area contributed by atoms with Crippen LogP contribution in [0.5, 0.6) is 0 Å². The van der Waals surface area contributed by atoms with Gasteiger partial charge in [-0.3, -0.25) is 0 Å². The number of furan rings is 1. The summed E-state index contributed by atoms with van der Waals surface area (Å²) in [7, 11) is -1.27. The maximum Gasteiger partial charge on any atom is 0.120 e. The Bertz CT molecular complexity index is 2280. The van der Waals surface area contributed by atoms with Crippen LogP contribution < -0.4 is 5.19 Å². The van der Waals surface area contributed by atoms with E-state index in [1.54, 1.807) is 0 Å². The first-order valence-electron chi connectivity index (χ1n) is 18.6. The summed E-state index contributed by atoms with van der Waals surface area (Å²) in [5.74, 6) is 2.73. The number of aryl methyl sites for hydroxylation is 1. The van der Waals surface area contributed by atoms with Crippen molar-refractivity contribution in [2.24, 2.45) is 17.8 Å². The molecule has 1 unspecified atom stereocenters. The van der Waals surface area contributed by atoms with Crippen LogP contribution in [0.3, 0.4) is 0 Å². The van der Waals surface area contributed by atoms with Gasteiger partial charge in [-0.2, -0.15) is 0 Å². The first-order chi connectivity index (χ1) is 24.8. The molecule has 3 aromatic heterocycles. The van der Waals surface area contributed by atoms with E-state index in [-0.39, 0.29) is 20.1 Å². The molecular formula is C47H46IrN2OSi-2. The predicted molar refractivity (Wildman–Crippen MR) is 215 cm³/mol. The van der Waals surface area contributed by atoms with Gasteiger partial charge in [-0.25, -0.2) is 0 Å². The van der Waals surface area contributed by atoms with Crippen LogP contribution in [0.15, 0.2) is 120 Å². The minimum absolute atomic E-state index is 0. The molecule has 0 spiro atoms. The Labute approximate surface area is 323 Å². The van der Waals surface area contributed by atoms with E-state index in [1.165, 1.54) is 66.0 Å². The van der Waals surface area contributed by atoms with Crippen LogP contribution in [-0.4, -0.2) is 18.0 Å². The predicted octanol–water partition coefficient (Wildman–Crippen LogP) is 11.9. The molecule has 1 radical (unpaired) electrons. The van der Waals surface area contributed by atoms with Crippen LogP contribution >= 0.6 is 0 Å². The number of nitrogens with zero attached hydrogens (tertiary/aromatic N) is 2. The van der Waals surface area contributed by atoms with E-state index < -0.39 is 8.07 Å². The second-order valence-electron chi connectivity index (χ2n) is 15.7. The third kappa shape index (κ3) is 7.64. The molecule has 0 amide bonds. The Hall–Kier alpha value is -4.15. The summed E-state index contributed by atoms with van der Waals surface area (Å²) < 4.78 is 6.39. The average Bonchev–Trinajstić information content (AvgIpc) is 3.54. The van der Waals surface area contributed by atoms with Crippen molar-refractivity contribution < 1.29 is 24.5 Å². The molecule has 52 heavy (non-hydrogen) atoms. The molecule has 7 aromatic rings.